The van der Waals surface area contributed by atoms with E-state index in [0.29, 0.717) is 6.04 Å². The van der Waals surface area contributed by atoms with E-state index in [0.717, 1.165) is 18.1 Å². The standard InChI is InChI=1S/C15H21N3/c1-3-8-14(4-2)18-12-11-16-15(18)17-13-9-6-5-7-10-13/h5-7,9-12,14H,3-4,8H2,1-2H3,(H,16,17). The summed E-state index contributed by atoms with van der Waals surface area (Å²) in [6.07, 6.45) is 7.45. The summed E-state index contributed by atoms with van der Waals surface area (Å²) >= 11 is 0. The molecule has 96 valence electrons. The normalized spacial score (nSPS) is 12.3. The van der Waals surface area contributed by atoms with Gasteiger partial charge >= 0.3 is 0 Å². The molecule has 3 heteroatoms. The molecule has 2 aromatic rings. The highest BCUT2D eigenvalue weighted by atomic mass is 15.2. The summed E-state index contributed by atoms with van der Waals surface area (Å²) in [7, 11) is 0. The van der Waals surface area contributed by atoms with Crippen molar-refractivity contribution in [3.8, 4) is 0 Å². The van der Waals surface area contributed by atoms with E-state index in [1.807, 2.05) is 24.4 Å². The first-order chi connectivity index (χ1) is 8.85. The minimum absolute atomic E-state index is 0.531. The van der Waals surface area contributed by atoms with Gasteiger partial charge < -0.3 is 9.88 Å². The number of imidazole rings is 1. The number of nitrogens with zero attached hydrogens (tertiary/aromatic N) is 2. The van der Waals surface area contributed by atoms with Crippen molar-refractivity contribution >= 4 is 11.6 Å². The fourth-order valence-electron chi connectivity index (χ4n) is 2.23. The molecule has 0 aliphatic heterocycles. The molecule has 1 aromatic heterocycles. The van der Waals surface area contributed by atoms with Gasteiger partial charge in [-0.2, -0.15) is 0 Å². The molecule has 0 aliphatic carbocycles. The first-order valence-electron chi connectivity index (χ1n) is 6.70. The lowest BCUT2D eigenvalue weighted by atomic mass is 10.1. The van der Waals surface area contributed by atoms with E-state index in [2.05, 4.69) is 47.0 Å². The van der Waals surface area contributed by atoms with Crippen molar-refractivity contribution in [3.05, 3.63) is 42.7 Å². The molecule has 0 fully saturated rings. The molecule has 1 unspecified atom stereocenters. The van der Waals surface area contributed by atoms with Crippen molar-refractivity contribution in [1.82, 2.24) is 9.55 Å². The van der Waals surface area contributed by atoms with Crippen LogP contribution in [0.3, 0.4) is 0 Å². The predicted molar refractivity (Wildman–Crippen MR) is 76.2 cm³/mol. The minimum atomic E-state index is 0.531. The van der Waals surface area contributed by atoms with Gasteiger partial charge in [-0.3, -0.25) is 0 Å². The lowest BCUT2D eigenvalue weighted by Gasteiger charge is -2.19. The predicted octanol–water partition coefficient (Wildman–Crippen LogP) is 4.38. The van der Waals surface area contributed by atoms with Gasteiger partial charge in [0, 0.05) is 24.1 Å². The number of hydrogen-bond donors (Lipinski definition) is 1. The van der Waals surface area contributed by atoms with Crippen LogP contribution >= 0.6 is 0 Å². The Bertz CT molecular complexity index is 462. The number of rotatable bonds is 6. The topological polar surface area (TPSA) is 29.9 Å². The Morgan fingerprint density at radius 1 is 1.22 bits per heavy atom. The monoisotopic (exact) mass is 243 g/mol. The van der Waals surface area contributed by atoms with E-state index in [4.69, 9.17) is 0 Å². The molecule has 0 saturated heterocycles. The Hall–Kier alpha value is -1.77. The van der Waals surface area contributed by atoms with Gasteiger partial charge in [0.15, 0.2) is 0 Å². The maximum absolute atomic E-state index is 4.41. The van der Waals surface area contributed by atoms with Crippen LogP contribution in [0.2, 0.25) is 0 Å². The van der Waals surface area contributed by atoms with E-state index >= 15 is 0 Å². The van der Waals surface area contributed by atoms with Gasteiger partial charge in [0.05, 0.1) is 0 Å². The molecule has 1 aromatic carbocycles. The van der Waals surface area contributed by atoms with Crippen molar-refractivity contribution in [3.63, 3.8) is 0 Å². The molecular formula is C15H21N3. The van der Waals surface area contributed by atoms with Crippen molar-refractivity contribution in [1.29, 1.82) is 0 Å². The molecular weight excluding hydrogens is 222 g/mol. The van der Waals surface area contributed by atoms with Crippen LogP contribution in [0.15, 0.2) is 42.7 Å². The van der Waals surface area contributed by atoms with E-state index in [1.165, 1.54) is 12.8 Å². The van der Waals surface area contributed by atoms with E-state index in [1.54, 1.807) is 0 Å². The van der Waals surface area contributed by atoms with E-state index < -0.39 is 0 Å². The van der Waals surface area contributed by atoms with Crippen LogP contribution in [-0.2, 0) is 0 Å². The van der Waals surface area contributed by atoms with E-state index in [9.17, 15) is 0 Å². The lowest BCUT2D eigenvalue weighted by Crippen LogP contribution is -2.10. The number of aromatic nitrogens is 2. The molecule has 3 nitrogen and oxygen atoms in total. The highest BCUT2D eigenvalue weighted by Crippen LogP contribution is 2.23. The molecule has 0 amide bonds. The van der Waals surface area contributed by atoms with Crippen LogP contribution in [0.5, 0.6) is 0 Å². The Labute approximate surface area is 109 Å². The van der Waals surface area contributed by atoms with Gasteiger partial charge in [0.1, 0.15) is 0 Å². The van der Waals surface area contributed by atoms with Crippen molar-refractivity contribution in [2.45, 2.75) is 39.2 Å². The number of para-hydroxylation sites is 1. The van der Waals surface area contributed by atoms with Crippen LogP contribution in [0.25, 0.3) is 0 Å². The number of nitrogens with one attached hydrogen (secondary N) is 1. The first kappa shape index (κ1) is 12.7. The van der Waals surface area contributed by atoms with Crippen molar-refractivity contribution in [2.75, 3.05) is 5.32 Å². The largest absolute Gasteiger partial charge is 0.326 e. The average molecular weight is 243 g/mol. The molecule has 0 spiro atoms. The molecule has 1 atom stereocenters. The summed E-state index contributed by atoms with van der Waals surface area (Å²) in [4.78, 5) is 4.41. The van der Waals surface area contributed by atoms with Gasteiger partial charge in [-0.05, 0) is 25.0 Å². The quantitative estimate of drug-likeness (QED) is 0.816. The highest BCUT2D eigenvalue weighted by Gasteiger charge is 2.11. The zero-order valence-corrected chi connectivity index (χ0v) is 11.1. The summed E-state index contributed by atoms with van der Waals surface area (Å²) in [6.45, 7) is 4.45. The van der Waals surface area contributed by atoms with Crippen molar-refractivity contribution in [2.24, 2.45) is 0 Å². The molecule has 1 heterocycles. The summed E-state index contributed by atoms with van der Waals surface area (Å²) in [6, 6.07) is 10.7. The average Bonchev–Trinajstić information content (AvgIpc) is 2.85. The second-order valence-electron chi connectivity index (χ2n) is 4.50. The molecule has 0 radical (unpaired) electrons. The highest BCUT2D eigenvalue weighted by molar-refractivity contribution is 5.53. The van der Waals surface area contributed by atoms with Crippen LogP contribution < -0.4 is 5.32 Å². The number of hydrogen-bond acceptors (Lipinski definition) is 2. The van der Waals surface area contributed by atoms with Crippen molar-refractivity contribution < 1.29 is 0 Å². The number of anilines is 2. The molecule has 0 aliphatic rings. The maximum Gasteiger partial charge on any atom is 0.207 e. The van der Waals surface area contributed by atoms with Gasteiger partial charge in [0.25, 0.3) is 0 Å². The zero-order chi connectivity index (χ0) is 12.8. The van der Waals surface area contributed by atoms with Crippen LogP contribution in [0.1, 0.15) is 39.2 Å². The summed E-state index contributed by atoms with van der Waals surface area (Å²) < 4.78 is 2.25. The maximum atomic E-state index is 4.41. The van der Waals surface area contributed by atoms with Gasteiger partial charge in [-0.1, -0.05) is 38.5 Å². The Morgan fingerprint density at radius 3 is 2.67 bits per heavy atom. The van der Waals surface area contributed by atoms with Gasteiger partial charge in [-0.25, -0.2) is 4.98 Å². The van der Waals surface area contributed by atoms with Crippen LogP contribution in [0, 0.1) is 0 Å². The molecule has 18 heavy (non-hydrogen) atoms. The Balaban J connectivity index is 2.17. The van der Waals surface area contributed by atoms with E-state index in [-0.39, 0.29) is 0 Å². The van der Waals surface area contributed by atoms with Gasteiger partial charge in [0.2, 0.25) is 5.95 Å². The third-order valence-electron chi connectivity index (χ3n) is 3.19. The third-order valence-corrected chi connectivity index (χ3v) is 3.19. The zero-order valence-electron chi connectivity index (χ0n) is 11.1. The molecule has 0 saturated carbocycles. The second kappa shape index (κ2) is 6.24. The SMILES string of the molecule is CCCC(CC)n1ccnc1Nc1ccccc1. The fraction of sp³-hybridized carbons (Fsp3) is 0.400. The minimum Gasteiger partial charge on any atom is -0.326 e. The summed E-state index contributed by atoms with van der Waals surface area (Å²) in [5.41, 5.74) is 1.08. The van der Waals surface area contributed by atoms with Gasteiger partial charge in [-0.15, -0.1) is 0 Å². The Kier molecular flexibility index (Phi) is 4.40. The molecule has 2 rings (SSSR count). The third kappa shape index (κ3) is 2.92. The molecule has 0 bridgehead atoms. The van der Waals surface area contributed by atoms with Crippen LogP contribution in [0.4, 0.5) is 11.6 Å². The summed E-state index contributed by atoms with van der Waals surface area (Å²) in [5, 5.41) is 3.38. The first-order valence-corrected chi connectivity index (χ1v) is 6.70. The Morgan fingerprint density at radius 2 is 2.00 bits per heavy atom. The lowest BCUT2D eigenvalue weighted by molar-refractivity contribution is 0.452. The second-order valence-corrected chi connectivity index (χ2v) is 4.50. The fourth-order valence-corrected chi connectivity index (χ4v) is 2.23. The smallest absolute Gasteiger partial charge is 0.207 e. The number of benzene rings is 1. The van der Waals surface area contributed by atoms with Crippen LogP contribution in [-0.4, -0.2) is 9.55 Å². The summed E-state index contributed by atoms with van der Waals surface area (Å²) in [5.74, 6) is 0.932. The molecule has 1 N–H and O–H groups in total.